The Morgan fingerprint density at radius 1 is 0.962 bits per heavy atom. The van der Waals surface area contributed by atoms with Crippen LogP contribution in [0.25, 0.3) is 0 Å². The SMILES string of the molecule is CCOc1cc(CN[C@H]2CCCC[C@H]2O)ccc1OCc1ccccc1. The summed E-state index contributed by atoms with van der Waals surface area (Å²) in [6, 6.07) is 16.4. The van der Waals surface area contributed by atoms with Crippen molar-refractivity contribution in [3.8, 4) is 11.5 Å². The minimum absolute atomic E-state index is 0.188. The molecule has 0 spiro atoms. The Hall–Kier alpha value is -2.04. The first kappa shape index (κ1) is 18.7. The number of nitrogens with one attached hydrogen (secondary N) is 1. The van der Waals surface area contributed by atoms with Crippen LogP contribution in [-0.4, -0.2) is 23.9 Å². The van der Waals surface area contributed by atoms with E-state index in [1.54, 1.807) is 0 Å². The van der Waals surface area contributed by atoms with Crippen molar-refractivity contribution in [1.82, 2.24) is 5.32 Å². The average molecular weight is 355 g/mol. The van der Waals surface area contributed by atoms with Crippen molar-refractivity contribution in [2.45, 2.75) is 57.9 Å². The van der Waals surface area contributed by atoms with E-state index < -0.39 is 0 Å². The largest absolute Gasteiger partial charge is 0.490 e. The average Bonchev–Trinajstić information content (AvgIpc) is 2.68. The number of benzene rings is 2. The number of aliphatic hydroxyl groups excluding tert-OH is 1. The summed E-state index contributed by atoms with van der Waals surface area (Å²) in [6.07, 6.45) is 4.02. The Labute approximate surface area is 156 Å². The quantitative estimate of drug-likeness (QED) is 0.750. The summed E-state index contributed by atoms with van der Waals surface area (Å²) in [5, 5.41) is 13.6. The summed E-state index contributed by atoms with van der Waals surface area (Å²) < 4.78 is 11.7. The molecule has 0 amide bonds. The van der Waals surface area contributed by atoms with Crippen molar-refractivity contribution in [3.05, 3.63) is 59.7 Å². The minimum Gasteiger partial charge on any atom is -0.490 e. The number of ether oxygens (including phenoxy) is 2. The highest BCUT2D eigenvalue weighted by Crippen LogP contribution is 2.29. The van der Waals surface area contributed by atoms with E-state index in [0.29, 0.717) is 13.2 Å². The predicted molar refractivity (Wildman–Crippen MR) is 103 cm³/mol. The summed E-state index contributed by atoms with van der Waals surface area (Å²) in [6.45, 7) is 3.82. The first-order valence-electron chi connectivity index (χ1n) is 9.60. The Morgan fingerprint density at radius 2 is 1.77 bits per heavy atom. The second-order valence-corrected chi connectivity index (χ2v) is 6.83. The van der Waals surface area contributed by atoms with Gasteiger partial charge in [-0.05, 0) is 43.0 Å². The predicted octanol–water partition coefficient (Wildman–Crippen LogP) is 4.06. The van der Waals surface area contributed by atoms with Gasteiger partial charge in [-0.1, -0.05) is 49.2 Å². The van der Waals surface area contributed by atoms with E-state index in [2.05, 4.69) is 11.4 Å². The maximum Gasteiger partial charge on any atom is 0.161 e. The fourth-order valence-corrected chi connectivity index (χ4v) is 3.38. The van der Waals surface area contributed by atoms with Gasteiger partial charge in [-0.2, -0.15) is 0 Å². The van der Waals surface area contributed by atoms with Gasteiger partial charge in [-0.25, -0.2) is 0 Å². The molecule has 0 aliphatic heterocycles. The maximum atomic E-state index is 10.1. The number of hydrogen-bond donors (Lipinski definition) is 2. The molecule has 26 heavy (non-hydrogen) atoms. The molecule has 0 bridgehead atoms. The van der Waals surface area contributed by atoms with E-state index in [1.165, 1.54) is 6.42 Å². The lowest BCUT2D eigenvalue weighted by Crippen LogP contribution is -2.41. The van der Waals surface area contributed by atoms with Gasteiger partial charge in [0, 0.05) is 12.6 Å². The van der Waals surface area contributed by atoms with E-state index in [-0.39, 0.29) is 12.1 Å². The molecule has 0 unspecified atom stereocenters. The third-order valence-corrected chi connectivity index (χ3v) is 4.84. The molecule has 4 nitrogen and oxygen atoms in total. The van der Waals surface area contributed by atoms with Gasteiger partial charge in [-0.3, -0.25) is 0 Å². The Morgan fingerprint density at radius 3 is 2.54 bits per heavy atom. The van der Waals surface area contributed by atoms with Crippen molar-refractivity contribution in [3.63, 3.8) is 0 Å². The molecule has 1 saturated carbocycles. The molecule has 0 aromatic heterocycles. The van der Waals surface area contributed by atoms with Crippen LogP contribution in [0.5, 0.6) is 11.5 Å². The second-order valence-electron chi connectivity index (χ2n) is 6.83. The lowest BCUT2D eigenvalue weighted by molar-refractivity contribution is 0.0902. The van der Waals surface area contributed by atoms with Crippen molar-refractivity contribution >= 4 is 0 Å². The van der Waals surface area contributed by atoms with Gasteiger partial charge in [-0.15, -0.1) is 0 Å². The van der Waals surface area contributed by atoms with E-state index in [0.717, 1.165) is 48.4 Å². The monoisotopic (exact) mass is 355 g/mol. The third kappa shape index (κ3) is 5.23. The number of aliphatic hydroxyl groups is 1. The van der Waals surface area contributed by atoms with Crippen LogP contribution in [0.1, 0.15) is 43.7 Å². The summed E-state index contributed by atoms with van der Waals surface area (Å²) >= 11 is 0. The zero-order valence-corrected chi connectivity index (χ0v) is 15.5. The van der Waals surface area contributed by atoms with Crippen LogP contribution in [0, 0.1) is 0 Å². The highest BCUT2D eigenvalue weighted by Gasteiger charge is 2.22. The molecule has 1 aliphatic rings. The molecule has 0 saturated heterocycles. The van der Waals surface area contributed by atoms with Gasteiger partial charge >= 0.3 is 0 Å². The topological polar surface area (TPSA) is 50.7 Å². The molecule has 1 fully saturated rings. The smallest absolute Gasteiger partial charge is 0.161 e. The van der Waals surface area contributed by atoms with Gasteiger partial charge < -0.3 is 19.9 Å². The van der Waals surface area contributed by atoms with Crippen LogP contribution in [0.3, 0.4) is 0 Å². The van der Waals surface area contributed by atoms with Gasteiger partial charge in [0.05, 0.1) is 12.7 Å². The molecule has 1 aliphatic carbocycles. The van der Waals surface area contributed by atoms with Crippen LogP contribution < -0.4 is 14.8 Å². The van der Waals surface area contributed by atoms with Crippen molar-refractivity contribution in [2.75, 3.05) is 6.61 Å². The Kier molecular flexibility index (Phi) is 6.92. The molecule has 4 heteroatoms. The molecule has 2 atom stereocenters. The normalized spacial score (nSPS) is 19.9. The molecular formula is C22H29NO3. The van der Waals surface area contributed by atoms with Crippen molar-refractivity contribution < 1.29 is 14.6 Å². The standard InChI is InChI=1S/C22H29NO3/c1-2-25-22-14-18(15-23-19-10-6-7-11-20(19)24)12-13-21(22)26-16-17-8-4-3-5-9-17/h3-5,8-9,12-14,19-20,23-24H,2,6-7,10-11,15-16H2,1H3/t19-,20+/m0/s1. The molecular weight excluding hydrogens is 326 g/mol. The van der Waals surface area contributed by atoms with Gasteiger partial charge in [0.25, 0.3) is 0 Å². The molecule has 2 N–H and O–H groups in total. The molecule has 140 valence electrons. The van der Waals surface area contributed by atoms with Crippen LogP contribution in [0.15, 0.2) is 48.5 Å². The van der Waals surface area contributed by atoms with E-state index in [1.807, 2.05) is 49.4 Å². The van der Waals surface area contributed by atoms with Gasteiger partial charge in [0.15, 0.2) is 11.5 Å². The van der Waals surface area contributed by atoms with E-state index >= 15 is 0 Å². The van der Waals surface area contributed by atoms with Crippen molar-refractivity contribution in [2.24, 2.45) is 0 Å². The lowest BCUT2D eigenvalue weighted by Gasteiger charge is -2.28. The van der Waals surface area contributed by atoms with Crippen LogP contribution in [0.4, 0.5) is 0 Å². The summed E-state index contributed by atoms with van der Waals surface area (Å²) in [5.74, 6) is 1.53. The summed E-state index contributed by atoms with van der Waals surface area (Å²) in [4.78, 5) is 0. The minimum atomic E-state index is -0.233. The maximum absolute atomic E-state index is 10.1. The van der Waals surface area contributed by atoms with E-state index in [9.17, 15) is 5.11 Å². The third-order valence-electron chi connectivity index (χ3n) is 4.84. The van der Waals surface area contributed by atoms with E-state index in [4.69, 9.17) is 9.47 Å². The molecule has 3 rings (SSSR count). The van der Waals surface area contributed by atoms with Crippen LogP contribution in [0.2, 0.25) is 0 Å². The molecule has 2 aromatic carbocycles. The van der Waals surface area contributed by atoms with Crippen LogP contribution >= 0.6 is 0 Å². The molecule has 0 heterocycles. The highest BCUT2D eigenvalue weighted by atomic mass is 16.5. The Balaban J connectivity index is 1.62. The zero-order valence-electron chi connectivity index (χ0n) is 15.5. The Bertz CT molecular complexity index is 674. The number of hydrogen-bond acceptors (Lipinski definition) is 4. The number of rotatable bonds is 8. The second kappa shape index (κ2) is 9.60. The zero-order chi connectivity index (χ0) is 18.2. The fraction of sp³-hybridized carbons (Fsp3) is 0.455. The summed E-state index contributed by atoms with van der Waals surface area (Å²) in [5.41, 5.74) is 2.27. The fourth-order valence-electron chi connectivity index (χ4n) is 3.38. The highest BCUT2D eigenvalue weighted by molar-refractivity contribution is 5.43. The molecule has 0 radical (unpaired) electrons. The van der Waals surface area contributed by atoms with Gasteiger partial charge in [0.2, 0.25) is 0 Å². The first-order valence-corrected chi connectivity index (χ1v) is 9.60. The van der Waals surface area contributed by atoms with Crippen molar-refractivity contribution in [1.29, 1.82) is 0 Å². The first-order chi connectivity index (χ1) is 12.8. The lowest BCUT2D eigenvalue weighted by atomic mass is 9.92. The summed E-state index contributed by atoms with van der Waals surface area (Å²) in [7, 11) is 0. The van der Waals surface area contributed by atoms with Crippen LogP contribution in [-0.2, 0) is 13.2 Å². The van der Waals surface area contributed by atoms with Gasteiger partial charge in [0.1, 0.15) is 6.61 Å². The molecule has 2 aromatic rings.